The van der Waals surface area contributed by atoms with E-state index in [2.05, 4.69) is 0 Å². The third-order valence-electron chi connectivity index (χ3n) is 2.91. The van der Waals surface area contributed by atoms with Crippen LogP contribution in [0.25, 0.3) is 0 Å². The number of nitro groups is 1. The molecule has 114 valence electrons. The SMILES string of the molecule is COc1ccc(O)c(C(=O)OCc2cccc([N+](=O)[O-])c2)c1. The minimum Gasteiger partial charge on any atom is -0.507 e. The molecule has 0 aliphatic rings. The van der Waals surface area contributed by atoms with E-state index in [0.29, 0.717) is 11.3 Å². The van der Waals surface area contributed by atoms with Gasteiger partial charge in [-0.15, -0.1) is 0 Å². The molecular formula is C15H13NO6. The molecule has 0 atom stereocenters. The number of hydrogen-bond acceptors (Lipinski definition) is 6. The Labute approximate surface area is 125 Å². The number of hydrogen-bond donors (Lipinski definition) is 1. The Hall–Kier alpha value is -3.09. The molecule has 2 rings (SSSR count). The number of aromatic hydroxyl groups is 1. The summed E-state index contributed by atoms with van der Waals surface area (Å²) >= 11 is 0. The van der Waals surface area contributed by atoms with Gasteiger partial charge in [0.1, 0.15) is 23.7 Å². The van der Waals surface area contributed by atoms with Crippen molar-refractivity contribution in [3.05, 3.63) is 63.7 Å². The number of esters is 1. The summed E-state index contributed by atoms with van der Waals surface area (Å²) in [6.45, 7) is -0.142. The van der Waals surface area contributed by atoms with Crippen molar-refractivity contribution in [2.24, 2.45) is 0 Å². The molecule has 0 saturated heterocycles. The van der Waals surface area contributed by atoms with Crippen molar-refractivity contribution in [2.75, 3.05) is 7.11 Å². The quantitative estimate of drug-likeness (QED) is 0.518. The van der Waals surface area contributed by atoms with Gasteiger partial charge in [0.2, 0.25) is 0 Å². The van der Waals surface area contributed by atoms with Crippen molar-refractivity contribution in [3.63, 3.8) is 0 Å². The van der Waals surface area contributed by atoms with E-state index in [1.807, 2.05) is 0 Å². The maximum absolute atomic E-state index is 12.0. The molecule has 0 aromatic heterocycles. The molecule has 2 aromatic carbocycles. The Morgan fingerprint density at radius 3 is 2.73 bits per heavy atom. The molecule has 0 radical (unpaired) electrons. The molecule has 0 aliphatic heterocycles. The Balaban J connectivity index is 2.10. The molecule has 0 amide bonds. The molecule has 2 aromatic rings. The van der Waals surface area contributed by atoms with Gasteiger partial charge in [-0.05, 0) is 23.8 Å². The molecule has 0 heterocycles. The van der Waals surface area contributed by atoms with Gasteiger partial charge in [0.25, 0.3) is 5.69 Å². The van der Waals surface area contributed by atoms with E-state index in [1.54, 1.807) is 6.07 Å². The van der Waals surface area contributed by atoms with Crippen molar-refractivity contribution in [1.82, 2.24) is 0 Å². The number of non-ortho nitro benzene ring substituents is 1. The fourth-order valence-electron chi connectivity index (χ4n) is 1.79. The molecule has 7 nitrogen and oxygen atoms in total. The number of phenols is 1. The van der Waals surface area contributed by atoms with Crippen LogP contribution in [0.2, 0.25) is 0 Å². The van der Waals surface area contributed by atoms with Gasteiger partial charge in [-0.3, -0.25) is 10.1 Å². The topological polar surface area (TPSA) is 98.9 Å². The van der Waals surface area contributed by atoms with E-state index in [9.17, 15) is 20.0 Å². The highest BCUT2D eigenvalue weighted by atomic mass is 16.6. The lowest BCUT2D eigenvalue weighted by atomic mass is 10.2. The molecule has 0 unspecified atom stereocenters. The lowest BCUT2D eigenvalue weighted by molar-refractivity contribution is -0.384. The number of methoxy groups -OCH3 is 1. The minimum atomic E-state index is -0.747. The highest BCUT2D eigenvalue weighted by molar-refractivity contribution is 5.92. The van der Waals surface area contributed by atoms with Gasteiger partial charge in [0.15, 0.2) is 0 Å². The molecule has 0 saturated carbocycles. The predicted molar refractivity (Wildman–Crippen MR) is 76.9 cm³/mol. The Morgan fingerprint density at radius 2 is 2.05 bits per heavy atom. The normalized spacial score (nSPS) is 10.0. The number of ether oxygens (including phenoxy) is 2. The van der Waals surface area contributed by atoms with Crippen LogP contribution in [0.1, 0.15) is 15.9 Å². The fourth-order valence-corrected chi connectivity index (χ4v) is 1.79. The number of carbonyl (C=O) groups is 1. The average Bonchev–Trinajstić information content (AvgIpc) is 2.53. The first-order valence-electron chi connectivity index (χ1n) is 6.28. The maximum Gasteiger partial charge on any atom is 0.342 e. The number of nitro benzene ring substituents is 1. The summed E-state index contributed by atoms with van der Waals surface area (Å²) in [5.41, 5.74) is 0.354. The predicted octanol–water partition coefficient (Wildman–Crippen LogP) is 2.67. The van der Waals surface area contributed by atoms with E-state index in [-0.39, 0.29) is 23.6 Å². The number of benzene rings is 2. The van der Waals surface area contributed by atoms with E-state index >= 15 is 0 Å². The summed E-state index contributed by atoms with van der Waals surface area (Å²) in [6.07, 6.45) is 0. The third kappa shape index (κ3) is 3.51. The summed E-state index contributed by atoms with van der Waals surface area (Å²) in [4.78, 5) is 22.1. The van der Waals surface area contributed by atoms with Crippen molar-refractivity contribution < 1.29 is 24.3 Å². The first kappa shape index (κ1) is 15.3. The number of nitrogens with zero attached hydrogens (tertiary/aromatic N) is 1. The number of rotatable bonds is 5. The molecule has 0 spiro atoms. The minimum absolute atomic E-state index is 0.0372. The van der Waals surface area contributed by atoms with Crippen LogP contribution < -0.4 is 4.74 Å². The van der Waals surface area contributed by atoms with Gasteiger partial charge in [0, 0.05) is 12.1 Å². The second kappa shape index (κ2) is 6.57. The number of carbonyl (C=O) groups excluding carboxylic acids is 1. The summed E-state index contributed by atoms with van der Waals surface area (Å²) in [5, 5.41) is 20.3. The van der Waals surface area contributed by atoms with Crippen LogP contribution in [0.5, 0.6) is 11.5 Å². The van der Waals surface area contributed by atoms with Gasteiger partial charge in [0.05, 0.1) is 12.0 Å². The Kier molecular flexibility index (Phi) is 4.57. The second-order valence-corrected chi connectivity index (χ2v) is 4.39. The zero-order chi connectivity index (χ0) is 16.1. The van der Waals surface area contributed by atoms with Crippen LogP contribution in [0.3, 0.4) is 0 Å². The first-order valence-corrected chi connectivity index (χ1v) is 6.28. The Morgan fingerprint density at radius 1 is 1.27 bits per heavy atom. The standard InChI is InChI=1S/C15H13NO6/c1-21-12-5-6-14(17)13(8-12)15(18)22-9-10-3-2-4-11(7-10)16(19)20/h2-8,17H,9H2,1H3. The second-order valence-electron chi connectivity index (χ2n) is 4.39. The smallest absolute Gasteiger partial charge is 0.342 e. The zero-order valence-corrected chi connectivity index (χ0v) is 11.7. The van der Waals surface area contributed by atoms with Crippen molar-refractivity contribution >= 4 is 11.7 Å². The summed E-state index contributed by atoms with van der Waals surface area (Å²) in [7, 11) is 1.44. The molecule has 0 aliphatic carbocycles. The summed E-state index contributed by atoms with van der Waals surface area (Å²) in [5.74, 6) is -0.576. The van der Waals surface area contributed by atoms with E-state index in [4.69, 9.17) is 9.47 Å². The highest BCUT2D eigenvalue weighted by Gasteiger charge is 2.15. The van der Waals surface area contributed by atoms with Crippen LogP contribution in [-0.4, -0.2) is 23.1 Å². The largest absolute Gasteiger partial charge is 0.507 e. The number of phenolic OH excluding ortho intramolecular Hbond substituents is 1. The highest BCUT2D eigenvalue weighted by Crippen LogP contribution is 2.24. The van der Waals surface area contributed by atoms with Gasteiger partial charge < -0.3 is 14.6 Å². The van der Waals surface area contributed by atoms with Crippen LogP contribution >= 0.6 is 0 Å². The molecular weight excluding hydrogens is 290 g/mol. The molecule has 22 heavy (non-hydrogen) atoms. The van der Waals surface area contributed by atoms with Crippen LogP contribution in [0, 0.1) is 10.1 Å². The van der Waals surface area contributed by atoms with E-state index in [0.717, 1.165) is 0 Å². The van der Waals surface area contributed by atoms with Crippen molar-refractivity contribution in [3.8, 4) is 11.5 Å². The van der Waals surface area contributed by atoms with Crippen LogP contribution in [-0.2, 0) is 11.3 Å². The molecule has 1 N–H and O–H groups in total. The zero-order valence-electron chi connectivity index (χ0n) is 11.7. The Bertz CT molecular complexity index is 713. The lowest BCUT2D eigenvalue weighted by Crippen LogP contribution is -2.06. The van der Waals surface area contributed by atoms with Gasteiger partial charge in [-0.25, -0.2) is 4.79 Å². The summed E-state index contributed by atoms with van der Waals surface area (Å²) in [6, 6.07) is 9.95. The summed E-state index contributed by atoms with van der Waals surface area (Å²) < 4.78 is 10.0. The monoisotopic (exact) mass is 303 g/mol. The van der Waals surface area contributed by atoms with Gasteiger partial charge in [-0.1, -0.05) is 12.1 Å². The fraction of sp³-hybridized carbons (Fsp3) is 0.133. The first-order chi connectivity index (χ1) is 10.5. The lowest BCUT2D eigenvalue weighted by Gasteiger charge is -2.08. The van der Waals surface area contributed by atoms with Gasteiger partial charge >= 0.3 is 5.97 Å². The molecule has 7 heteroatoms. The molecule has 0 bridgehead atoms. The third-order valence-corrected chi connectivity index (χ3v) is 2.91. The average molecular weight is 303 g/mol. The van der Waals surface area contributed by atoms with E-state index < -0.39 is 10.9 Å². The molecule has 0 fully saturated rings. The van der Waals surface area contributed by atoms with Crippen LogP contribution in [0.4, 0.5) is 5.69 Å². The van der Waals surface area contributed by atoms with Gasteiger partial charge in [-0.2, -0.15) is 0 Å². The van der Waals surface area contributed by atoms with Crippen molar-refractivity contribution in [2.45, 2.75) is 6.61 Å². The van der Waals surface area contributed by atoms with Crippen molar-refractivity contribution in [1.29, 1.82) is 0 Å². The van der Waals surface area contributed by atoms with Crippen LogP contribution in [0.15, 0.2) is 42.5 Å². The van der Waals surface area contributed by atoms with E-state index in [1.165, 1.54) is 43.5 Å². The maximum atomic E-state index is 12.0.